The first-order valence-corrected chi connectivity index (χ1v) is 10.6. The van der Waals surface area contributed by atoms with E-state index in [0.717, 1.165) is 46.4 Å². The van der Waals surface area contributed by atoms with E-state index < -0.39 is 0 Å². The summed E-state index contributed by atoms with van der Waals surface area (Å²) in [4.78, 5) is 15.0. The zero-order valence-corrected chi connectivity index (χ0v) is 19.4. The summed E-state index contributed by atoms with van der Waals surface area (Å²) in [5.74, 6) is 5.21. The Kier molecular flexibility index (Phi) is 4.90. The molecule has 0 aliphatic heterocycles. The van der Waals surface area contributed by atoms with Crippen LogP contribution in [0.5, 0.6) is 0 Å². The Morgan fingerprint density at radius 3 is 1.97 bits per heavy atom. The first-order valence-electron chi connectivity index (χ1n) is 10.6. The smallest absolute Gasteiger partial charge is 0.153 e. The number of aromatic nitrogens is 3. The van der Waals surface area contributed by atoms with Crippen molar-refractivity contribution in [3.63, 3.8) is 0 Å². The third kappa shape index (κ3) is 3.38. The van der Waals surface area contributed by atoms with Crippen LogP contribution < -0.4 is 0 Å². The molecule has 1 heterocycles. The van der Waals surface area contributed by atoms with Gasteiger partial charge in [-0.05, 0) is 56.3 Å². The summed E-state index contributed by atoms with van der Waals surface area (Å²) in [6.07, 6.45) is 8.05. The van der Waals surface area contributed by atoms with Crippen LogP contribution in [0.4, 0.5) is 0 Å². The van der Waals surface area contributed by atoms with Crippen molar-refractivity contribution >= 4 is 0 Å². The molecule has 0 radical (unpaired) electrons. The summed E-state index contributed by atoms with van der Waals surface area (Å²) in [5.41, 5.74) is 2.17. The van der Waals surface area contributed by atoms with Crippen LogP contribution >= 0.6 is 0 Å². The number of benzene rings is 2. The van der Waals surface area contributed by atoms with Crippen molar-refractivity contribution in [2.24, 2.45) is 17.8 Å². The van der Waals surface area contributed by atoms with Gasteiger partial charge in [0.05, 0.1) is 5.82 Å². The van der Waals surface area contributed by atoms with E-state index in [1.165, 1.54) is 38.5 Å². The van der Waals surface area contributed by atoms with Gasteiger partial charge in [0.25, 0.3) is 0 Å². The minimum absolute atomic E-state index is 0. The summed E-state index contributed by atoms with van der Waals surface area (Å²) in [6, 6.07) is 21.6. The molecule has 4 fully saturated rings. The van der Waals surface area contributed by atoms with Crippen molar-refractivity contribution in [1.29, 1.82) is 0 Å². The molecule has 4 heteroatoms. The Hall–Kier alpha value is -1.86. The molecule has 4 bridgehead atoms. The average molecular weight is 550 g/mol. The van der Waals surface area contributed by atoms with Crippen molar-refractivity contribution in [1.82, 2.24) is 15.0 Å². The Bertz CT molecular complexity index is 910. The van der Waals surface area contributed by atoms with Crippen LogP contribution in [0.25, 0.3) is 22.8 Å². The molecule has 4 aliphatic rings. The fourth-order valence-electron chi connectivity index (χ4n) is 6.37. The van der Waals surface area contributed by atoms with Crippen molar-refractivity contribution in [3.8, 4) is 22.8 Å². The van der Waals surface area contributed by atoms with Crippen molar-refractivity contribution in [2.75, 3.05) is 0 Å². The zero-order valence-electron chi connectivity index (χ0n) is 16.4. The van der Waals surface area contributed by atoms with Gasteiger partial charge in [-0.25, -0.2) is 4.98 Å². The molecule has 4 saturated carbocycles. The molecule has 0 atom stereocenters. The van der Waals surface area contributed by atoms with Crippen molar-refractivity contribution in [2.45, 2.75) is 43.9 Å². The van der Waals surface area contributed by atoms with Gasteiger partial charge in [-0.3, -0.25) is 9.97 Å². The molecule has 0 spiro atoms. The zero-order chi connectivity index (χ0) is 18.6. The third-order valence-corrected chi connectivity index (χ3v) is 7.13. The van der Waals surface area contributed by atoms with Crippen LogP contribution in [0.2, 0.25) is 0 Å². The minimum Gasteiger partial charge on any atom is -0.263 e. The van der Waals surface area contributed by atoms with E-state index in [-0.39, 0.29) is 26.5 Å². The first kappa shape index (κ1) is 19.1. The topological polar surface area (TPSA) is 38.7 Å². The summed E-state index contributed by atoms with van der Waals surface area (Å²) < 4.78 is 0. The van der Waals surface area contributed by atoms with Crippen LogP contribution in [0.1, 0.15) is 44.3 Å². The fourth-order valence-corrected chi connectivity index (χ4v) is 6.37. The van der Waals surface area contributed by atoms with Gasteiger partial charge >= 0.3 is 0 Å². The van der Waals surface area contributed by atoms with Crippen LogP contribution in [0.3, 0.4) is 0 Å². The Labute approximate surface area is 186 Å². The fraction of sp³-hybridized carbons (Fsp3) is 0.400. The third-order valence-electron chi connectivity index (χ3n) is 7.13. The van der Waals surface area contributed by atoms with E-state index in [0.29, 0.717) is 0 Å². The molecular formula is C25H24N3W-. The maximum Gasteiger partial charge on any atom is 0.153 e. The van der Waals surface area contributed by atoms with Crippen LogP contribution in [0, 0.1) is 23.8 Å². The maximum absolute atomic E-state index is 5.08. The second-order valence-electron chi connectivity index (χ2n) is 9.15. The van der Waals surface area contributed by atoms with Crippen molar-refractivity contribution in [3.05, 3.63) is 66.5 Å². The normalized spacial score (nSPS) is 29.4. The monoisotopic (exact) mass is 550 g/mol. The Morgan fingerprint density at radius 2 is 1.34 bits per heavy atom. The van der Waals surface area contributed by atoms with E-state index in [4.69, 9.17) is 15.0 Å². The van der Waals surface area contributed by atoms with Crippen molar-refractivity contribution < 1.29 is 21.1 Å². The second kappa shape index (κ2) is 7.43. The number of nitrogens with zero attached hydrogens (tertiary/aromatic N) is 3. The average Bonchev–Trinajstić information content (AvgIpc) is 2.74. The van der Waals surface area contributed by atoms with Gasteiger partial charge in [0.15, 0.2) is 5.82 Å². The molecule has 0 saturated heterocycles. The predicted molar refractivity (Wildman–Crippen MR) is 109 cm³/mol. The molecule has 4 aliphatic carbocycles. The van der Waals surface area contributed by atoms with E-state index in [2.05, 4.69) is 30.3 Å². The predicted octanol–water partition coefficient (Wildman–Crippen LogP) is 5.47. The Morgan fingerprint density at radius 1 is 0.724 bits per heavy atom. The second-order valence-corrected chi connectivity index (χ2v) is 9.15. The summed E-state index contributed by atoms with van der Waals surface area (Å²) in [7, 11) is 0. The molecule has 29 heavy (non-hydrogen) atoms. The van der Waals surface area contributed by atoms with Gasteiger partial charge in [0.1, 0.15) is 5.82 Å². The van der Waals surface area contributed by atoms with Crippen LogP contribution in [-0.2, 0) is 26.5 Å². The molecule has 1 aromatic heterocycles. The van der Waals surface area contributed by atoms with Gasteiger partial charge in [-0.1, -0.05) is 30.3 Å². The number of hydrogen-bond acceptors (Lipinski definition) is 3. The standard InChI is InChI=1S/C25H24N3.W/c1-3-7-20(8-4-1)22-26-23(21-9-5-2-6-10-21)28-24(27-22)25-14-17-11-18(15-25)13-19(12-17)16-25;/h1-9,17-19H,11-16H2;/q-1;. The molecule has 7 rings (SSSR count). The van der Waals surface area contributed by atoms with E-state index in [9.17, 15) is 0 Å². The SMILES string of the molecule is [W].[c-]1ccccc1-c1nc(-c2ccccc2)nc(C23CC4CC(CC(C4)C2)C3)n1. The van der Waals surface area contributed by atoms with Crippen LogP contribution in [-0.4, -0.2) is 15.0 Å². The number of hydrogen-bond donors (Lipinski definition) is 0. The van der Waals surface area contributed by atoms with E-state index in [1.807, 2.05) is 30.3 Å². The van der Waals surface area contributed by atoms with E-state index >= 15 is 0 Å². The summed E-state index contributed by atoms with van der Waals surface area (Å²) in [6.45, 7) is 0. The van der Waals surface area contributed by atoms with Crippen LogP contribution in [0.15, 0.2) is 54.6 Å². The van der Waals surface area contributed by atoms with Gasteiger partial charge < -0.3 is 0 Å². The Balaban J connectivity index is 0.00000181. The van der Waals surface area contributed by atoms with Gasteiger partial charge in [0.2, 0.25) is 0 Å². The molecule has 2 aromatic carbocycles. The summed E-state index contributed by atoms with van der Waals surface area (Å²) in [5, 5.41) is 0. The molecule has 3 aromatic rings. The quantitative estimate of drug-likeness (QED) is 0.406. The maximum atomic E-state index is 5.08. The largest absolute Gasteiger partial charge is 0.263 e. The summed E-state index contributed by atoms with van der Waals surface area (Å²) >= 11 is 0. The van der Waals surface area contributed by atoms with Gasteiger partial charge in [0, 0.05) is 32.0 Å². The molecular weight excluding hydrogens is 526 g/mol. The molecule has 146 valence electrons. The molecule has 3 nitrogen and oxygen atoms in total. The first-order chi connectivity index (χ1) is 13.8. The minimum atomic E-state index is 0. The van der Waals surface area contributed by atoms with Gasteiger partial charge in [-0.2, -0.15) is 0 Å². The number of rotatable bonds is 3. The van der Waals surface area contributed by atoms with E-state index in [1.54, 1.807) is 0 Å². The molecule has 0 N–H and O–H groups in total. The van der Waals surface area contributed by atoms with Gasteiger partial charge in [-0.15, -0.1) is 35.9 Å². The molecule has 0 amide bonds. The molecule has 0 unspecified atom stereocenters.